The zero-order chi connectivity index (χ0) is 16.8. The fourth-order valence-electron chi connectivity index (χ4n) is 1.95. The Bertz CT molecular complexity index is 742. The first kappa shape index (κ1) is 17.1. The molecule has 0 fully saturated rings. The van der Waals surface area contributed by atoms with Gasteiger partial charge in [0.25, 0.3) is 5.91 Å². The van der Waals surface area contributed by atoms with Crippen LogP contribution in [0.25, 0.3) is 10.9 Å². The Morgan fingerprint density at radius 3 is 2.96 bits per heavy atom. The number of hydrogen-bond donors (Lipinski definition) is 2. The Morgan fingerprint density at radius 1 is 1.52 bits per heavy atom. The molecular formula is C17H18N2O3S. The van der Waals surface area contributed by atoms with Crippen molar-refractivity contribution in [2.24, 2.45) is 0 Å². The maximum absolute atomic E-state index is 12.1. The summed E-state index contributed by atoms with van der Waals surface area (Å²) in [4.78, 5) is 16.4. The van der Waals surface area contributed by atoms with E-state index in [2.05, 4.69) is 16.2 Å². The van der Waals surface area contributed by atoms with Crippen molar-refractivity contribution in [2.45, 2.75) is 18.4 Å². The second-order valence-electron chi connectivity index (χ2n) is 5.00. The molecular weight excluding hydrogens is 312 g/mol. The highest BCUT2D eigenvalue weighted by atomic mass is 32.2. The first-order valence-electron chi connectivity index (χ1n) is 7.04. The molecule has 2 unspecified atom stereocenters. The number of thioether (sulfide) groups is 1. The van der Waals surface area contributed by atoms with E-state index in [9.17, 15) is 4.79 Å². The van der Waals surface area contributed by atoms with E-state index in [0.29, 0.717) is 11.3 Å². The van der Waals surface area contributed by atoms with Crippen LogP contribution in [0.3, 0.4) is 0 Å². The highest BCUT2D eigenvalue weighted by Gasteiger charge is 2.20. The summed E-state index contributed by atoms with van der Waals surface area (Å²) in [5.41, 5.74) is 0.784. The summed E-state index contributed by atoms with van der Waals surface area (Å²) in [5, 5.41) is 12.5. The number of benzene rings is 1. The maximum Gasteiger partial charge on any atom is 0.272 e. The molecule has 2 rings (SSSR count). The molecule has 1 heterocycles. The Hall–Kier alpha value is -2.23. The summed E-state index contributed by atoms with van der Waals surface area (Å²) < 4.78 is 5.74. The second-order valence-corrected chi connectivity index (χ2v) is 5.90. The summed E-state index contributed by atoms with van der Waals surface area (Å²) in [5.74, 6) is 2.81. The van der Waals surface area contributed by atoms with Crippen LogP contribution in [-0.2, 0) is 4.79 Å². The summed E-state index contributed by atoms with van der Waals surface area (Å²) in [6.45, 7) is 1.60. The Labute approximate surface area is 139 Å². The van der Waals surface area contributed by atoms with Gasteiger partial charge in [-0.1, -0.05) is 5.92 Å². The standard InChI is InChI=1S/C17H18N2O3S/c1-4-12-7-13-8-14(5-6-15(13)18-9-12)22-17(23-3)16(21)19-11(2)10-20/h1,5-9,11,17,20H,10H2,2-3H3,(H,19,21). The minimum atomic E-state index is -0.703. The number of rotatable bonds is 6. The van der Waals surface area contributed by atoms with E-state index in [1.807, 2.05) is 12.1 Å². The van der Waals surface area contributed by atoms with E-state index < -0.39 is 5.44 Å². The SMILES string of the molecule is C#Cc1cnc2ccc(OC(SC)C(=O)NC(C)CO)cc2c1. The molecule has 2 N–H and O–H groups in total. The molecule has 1 aromatic carbocycles. The van der Waals surface area contributed by atoms with Gasteiger partial charge in [0, 0.05) is 23.2 Å². The summed E-state index contributed by atoms with van der Waals surface area (Å²) in [6.07, 6.45) is 8.80. The van der Waals surface area contributed by atoms with Crippen LogP contribution in [-0.4, -0.2) is 40.3 Å². The topological polar surface area (TPSA) is 71.5 Å². The molecule has 120 valence electrons. The third kappa shape index (κ3) is 4.38. The van der Waals surface area contributed by atoms with Crippen molar-refractivity contribution in [1.29, 1.82) is 0 Å². The Morgan fingerprint density at radius 2 is 2.30 bits per heavy atom. The van der Waals surface area contributed by atoms with E-state index in [1.165, 1.54) is 11.8 Å². The average Bonchev–Trinajstić information content (AvgIpc) is 2.58. The lowest BCUT2D eigenvalue weighted by molar-refractivity contribution is -0.125. The number of carbonyl (C=O) groups excluding carboxylic acids is 1. The molecule has 5 nitrogen and oxygen atoms in total. The number of hydrogen-bond acceptors (Lipinski definition) is 5. The van der Waals surface area contributed by atoms with E-state index in [0.717, 1.165) is 10.9 Å². The van der Waals surface area contributed by atoms with Gasteiger partial charge < -0.3 is 15.2 Å². The summed E-state index contributed by atoms with van der Waals surface area (Å²) in [6, 6.07) is 6.90. The number of carbonyl (C=O) groups is 1. The van der Waals surface area contributed by atoms with Crippen molar-refractivity contribution in [1.82, 2.24) is 10.3 Å². The lowest BCUT2D eigenvalue weighted by Gasteiger charge is -2.19. The Kier molecular flexibility index (Phi) is 5.85. The molecule has 0 aliphatic carbocycles. The van der Waals surface area contributed by atoms with Gasteiger partial charge in [0.15, 0.2) is 0 Å². The van der Waals surface area contributed by atoms with Crippen LogP contribution in [0.4, 0.5) is 0 Å². The molecule has 1 amide bonds. The van der Waals surface area contributed by atoms with Crippen molar-refractivity contribution >= 4 is 28.6 Å². The van der Waals surface area contributed by atoms with Crippen molar-refractivity contribution in [2.75, 3.05) is 12.9 Å². The number of nitrogens with one attached hydrogen (secondary N) is 1. The number of nitrogens with zero attached hydrogens (tertiary/aromatic N) is 1. The van der Waals surface area contributed by atoms with Gasteiger partial charge in [0.2, 0.25) is 5.44 Å². The smallest absolute Gasteiger partial charge is 0.272 e. The van der Waals surface area contributed by atoms with Gasteiger partial charge in [-0.05, 0) is 37.4 Å². The van der Waals surface area contributed by atoms with Crippen LogP contribution < -0.4 is 10.1 Å². The highest BCUT2D eigenvalue weighted by Crippen LogP contribution is 2.23. The van der Waals surface area contributed by atoms with Gasteiger partial charge in [-0.15, -0.1) is 18.2 Å². The summed E-state index contributed by atoms with van der Waals surface area (Å²) >= 11 is 1.27. The summed E-state index contributed by atoms with van der Waals surface area (Å²) in [7, 11) is 0. The van der Waals surface area contributed by atoms with Crippen LogP contribution in [0.2, 0.25) is 0 Å². The van der Waals surface area contributed by atoms with Crippen LogP contribution in [0.5, 0.6) is 5.75 Å². The number of terminal acetylenes is 1. The van der Waals surface area contributed by atoms with Gasteiger partial charge in [0.05, 0.1) is 12.1 Å². The molecule has 0 aliphatic heterocycles. The number of ether oxygens (including phenoxy) is 1. The van der Waals surface area contributed by atoms with Gasteiger partial charge >= 0.3 is 0 Å². The fourth-order valence-corrected chi connectivity index (χ4v) is 2.44. The van der Waals surface area contributed by atoms with E-state index in [-0.39, 0.29) is 18.6 Å². The molecule has 0 aliphatic rings. The monoisotopic (exact) mass is 330 g/mol. The number of fused-ring (bicyclic) bond motifs is 1. The molecule has 0 saturated carbocycles. The average molecular weight is 330 g/mol. The molecule has 0 saturated heterocycles. The van der Waals surface area contributed by atoms with Gasteiger partial charge in [-0.2, -0.15) is 0 Å². The molecule has 6 heteroatoms. The quantitative estimate of drug-likeness (QED) is 0.624. The van der Waals surface area contributed by atoms with Crippen molar-refractivity contribution in [3.8, 4) is 18.1 Å². The molecule has 2 aromatic rings. The number of aliphatic hydroxyl groups is 1. The molecule has 0 bridgehead atoms. The van der Waals surface area contributed by atoms with Crippen molar-refractivity contribution in [3.63, 3.8) is 0 Å². The van der Waals surface area contributed by atoms with Crippen LogP contribution in [0.15, 0.2) is 30.5 Å². The predicted molar refractivity (Wildman–Crippen MR) is 92.3 cm³/mol. The Balaban J connectivity index is 2.18. The van der Waals surface area contributed by atoms with Crippen LogP contribution in [0.1, 0.15) is 12.5 Å². The van der Waals surface area contributed by atoms with Crippen molar-refractivity contribution in [3.05, 3.63) is 36.0 Å². The van der Waals surface area contributed by atoms with Crippen LogP contribution >= 0.6 is 11.8 Å². The lowest BCUT2D eigenvalue weighted by Crippen LogP contribution is -2.42. The third-order valence-corrected chi connectivity index (χ3v) is 3.89. The van der Waals surface area contributed by atoms with E-state index in [1.54, 1.807) is 31.5 Å². The maximum atomic E-state index is 12.1. The lowest BCUT2D eigenvalue weighted by atomic mass is 10.1. The molecule has 2 atom stereocenters. The molecule has 0 radical (unpaired) electrons. The van der Waals surface area contributed by atoms with Crippen LogP contribution in [0, 0.1) is 12.3 Å². The number of aromatic nitrogens is 1. The highest BCUT2D eigenvalue weighted by molar-refractivity contribution is 7.99. The second kappa shape index (κ2) is 7.86. The normalized spacial score (nSPS) is 13.1. The zero-order valence-corrected chi connectivity index (χ0v) is 13.8. The fraction of sp³-hybridized carbons (Fsp3) is 0.294. The molecule has 0 spiro atoms. The van der Waals surface area contributed by atoms with E-state index >= 15 is 0 Å². The first-order valence-corrected chi connectivity index (χ1v) is 8.33. The molecule has 1 aromatic heterocycles. The van der Waals surface area contributed by atoms with Gasteiger partial charge in [-0.3, -0.25) is 9.78 Å². The number of aliphatic hydroxyl groups excluding tert-OH is 1. The number of amides is 1. The third-order valence-electron chi connectivity index (χ3n) is 3.15. The van der Waals surface area contributed by atoms with Gasteiger partial charge in [0.1, 0.15) is 5.75 Å². The largest absolute Gasteiger partial charge is 0.470 e. The minimum Gasteiger partial charge on any atom is -0.470 e. The molecule has 23 heavy (non-hydrogen) atoms. The predicted octanol–water partition coefficient (Wildman–Crippen LogP) is 1.78. The first-order chi connectivity index (χ1) is 11.1. The van der Waals surface area contributed by atoms with Gasteiger partial charge in [-0.25, -0.2) is 0 Å². The minimum absolute atomic E-state index is 0.122. The van der Waals surface area contributed by atoms with Crippen molar-refractivity contribution < 1.29 is 14.6 Å². The zero-order valence-electron chi connectivity index (χ0n) is 12.9. The van der Waals surface area contributed by atoms with E-state index in [4.69, 9.17) is 16.3 Å². The number of pyridine rings is 1.